The van der Waals surface area contributed by atoms with E-state index >= 15 is 0 Å². The molecule has 7 heteroatoms. The van der Waals surface area contributed by atoms with Crippen molar-refractivity contribution in [3.05, 3.63) is 23.8 Å². The minimum atomic E-state index is -1.49. The lowest BCUT2D eigenvalue weighted by molar-refractivity contribution is -0.157. The minimum absolute atomic E-state index is 0.0570. The number of likely N-dealkylation sites (tertiary alicyclic amines) is 1. The number of methoxy groups -OCH3 is 2. The Bertz CT molecular complexity index is 570. The number of alkyl halides is 1. The van der Waals surface area contributed by atoms with Crippen molar-refractivity contribution >= 4 is 5.91 Å². The highest BCUT2D eigenvalue weighted by atomic mass is 19.1. The first-order valence-corrected chi connectivity index (χ1v) is 8.04. The second kappa shape index (κ2) is 8.30. The van der Waals surface area contributed by atoms with E-state index in [1.165, 1.54) is 0 Å². The van der Waals surface area contributed by atoms with Gasteiger partial charge in [-0.2, -0.15) is 0 Å². The predicted molar refractivity (Wildman–Crippen MR) is 88.0 cm³/mol. The van der Waals surface area contributed by atoms with Gasteiger partial charge in [0.05, 0.1) is 14.2 Å². The first-order chi connectivity index (χ1) is 11.6. The number of carbonyl (C=O) groups excluding carboxylic acids is 1. The van der Waals surface area contributed by atoms with E-state index in [-0.39, 0.29) is 19.0 Å². The average Bonchev–Trinajstić information content (AvgIpc) is 2.59. The van der Waals surface area contributed by atoms with Gasteiger partial charge in [-0.15, -0.1) is 0 Å². The molecular weight excluding hydrogens is 315 g/mol. The van der Waals surface area contributed by atoms with Crippen molar-refractivity contribution in [2.45, 2.75) is 25.0 Å². The number of nitrogens with one attached hydrogen (secondary N) is 1. The molecule has 0 spiro atoms. The molecule has 0 saturated carbocycles. The second-order valence-corrected chi connectivity index (χ2v) is 5.88. The molecule has 0 bridgehead atoms. The third kappa shape index (κ3) is 3.96. The third-order valence-corrected chi connectivity index (χ3v) is 4.24. The summed E-state index contributed by atoms with van der Waals surface area (Å²) in [7, 11) is 3.11. The number of rotatable bonds is 8. The van der Waals surface area contributed by atoms with Crippen molar-refractivity contribution in [3.8, 4) is 11.5 Å². The predicted octanol–water partition coefficient (Wildman–Crippen LogP) is 1.12. The molecule has 134 valence electrons. The van der Waals surface area contributed by atoms with Crippen molar-refractivity contribution in [2.24, 2.45) is 0 Å². The van der Waals surface area contributed by atoms with Gasteiger partial charge in [-0.1, -0.05) is 12.1 Å². The summed E-state index contributed by atoms with van der Waals surface area (Å²) in [6.45, 7) is 0.533. The minimum Gasteiger partial charge on any atom is -0.493 e. The van der Waals surface area contributed by atoms with Crippen LogP contribution < -0.4 is 14.8 Å². The van der Waals surface area contributed by atoms with E-state index in [0.29, 0.717) is 37.4 Å². The van der Waals surface area contributed by atoms with Crippen LogP contribution in [0, 0.1) is 0 Å². The molecular formula is C17H25FN2O4. The maximum Gasteiger partial charge on any atom is 0.256 e. The molecule has 24 heavy (non-hydrogen) atoms. The summed E-state index contributed by atoms with van der Waals surface area (Å²) in [6.07, 6.45) is 1.06. The summed E-state index contributed by atoms with van der Waals surface area (Å²) < 4.78 is 22.9. The molecule has 1 aliphatic heterocycles. The summed E-state index contributed by atoms with van der Waals surface area (Å²) in [5.41, 5.74) is -0.675. The second-order valence-electron chi connectivity index (χ2n) is 5.88. The van der Waals surface area contributed by atoms with Crippen LogP contribution in [0.1, 0.15) is 18.4 Å². The van der Waals surface area contributed by atoms with Gasteiger partial charge in [-0.3, -0.25) is 4.79 Å². The quantitative estimate of drug-likeness (QED) is 0.694. The number of piperidine rings is 1. The zero-order valence-corrected chi connectivity index (χ0v) is 14.2. The number of hydrogen-bond acceptors (Lipinski definition) is 5. The zero-order chi connectivity index (χ0) is 17.6. The van der Waals surface area contributed by atoms with Gasteiger partial charge < -0.3 is 24.8 Å². The molecule has 2 N–H and O–H groups in total. The Morgan fingerprint density at radius 1 is 1.38 bits per heavy atom. The maximum absolute atomic E-state index is 12.7. The van der Waals surface area contributed by atoms with Crippen molar-refractivity contribution in [1.82, 2.24) is 10.2 Å². The van der Waals surface area contributed by atoms with Gasteiger partial charge in [-0.25, -0.2) is 4.39 Å². The number of para-hydroxylation sites is 1. The van der Waals surface area contributed by atoms with E-state index < -0.39 is 12.3 Å². The van der Waals surface area contributed by atoms with E-state index in [9.17, 15) is 14.3 Å². The summed E-state index contributed by atoms with van der Waals surface area (Å²) in [5, 5.41) is 13.4. The van der Waals surface area contributed by atoms with Crippen LogP contribution >= 0.6 is 0 Å². The normalized spacial score (nSPS) is 21.0. The number of ether oxygens (including phenoxy) is 2. The highest BCUT2D eigenvalue weighted by Gasteiger charge is 2.41. The average molecular weight is 340 g/mol. The molecule has 1 unspecified atom stereocenters. The Hall–Kier alpha value is -1.86. The van der Waals surface area contributed by atoms with Gasteiger partial charge in [0, 0.05) is 31.7 Å². The SMILES string of the molecule is COc1cccc(CN2CCCC(O)(CNCCF)C2=O)c1OC. The number of carbonyl (C=O) groups is 1. The van der Waals surface area contributed by atoms with Gasteiger partial charge in [0.1, 0.15) is 6.67 Å². The molecule has 1 aromatic rings. The molecule has 1 atom stereocenters. The van der Waals surface area contributed by atoms with E-state index in [4.69, 9.17) is 9.47 Å². The Balaban J connectivity index is 2.13. The lowest BCUT2D eigenvalue weighted by Crippen LogP contribution is -2.57. The first-order valence-electron chi connectivity index (χ1n) is 8.04. The van der Waals surface area contributed by atoms with Crippen LogP contribution in [0.4, 0.5) is 4.39 Å². The van der Waals surface area contributed by atoms with Crippen LogP contribution in [0.25, 0.3) is 0 Å². The fraction of sp³-hybridized carbons (Fsp3) is 0.588. The van der Waals surface area contributed by atoms with Crippen molar-refractivity contribution in [2.75, 3.05) is 40.5 Å². The van der Waals surface area contributed by atoms with Gasteiger partial charge >= 0.3 is 0 Å². The number of halogens is 1. The van der Waals surface area contributed by atoms with E-state index in [1.54, 1.807) is 25.2 Å². The molecule has 1 aliphatic rings. The molecule has 1 saturated heterocycles. The van der Waals surface area contributed by atoms with Gasteiger partial charge in [0.15, 0.2) is 17.1 Å². The first kappa shape index (κ1) is 18.5. The van der Waals surface area contributed by atoms with Crippen LogP contribution in [-0.4, -0.2) is 62.0 Å². The van der Waals surface area contributed by atoms with Crippen molar-refractivity contribution in [1.29, 1.82) is 0 Å². The summed E-state index contributed by atoms with van der Waals surface area (Å²) >= 11 is 0. The van der Waals surface area contributed by atoms with Crippen LogP contribution in [-0.2, 0) is 11.3 Å². The van der Waals surface area contributed by atoms with Gasteiger partial charge in [-0.05, 0) is 18.9 Å². The molecule has 1 heterocycles. The molecule has 1 aromatic carbocycles. The summed E-state index contributed by atoms with van der Waals surface area (Å²) in [6, 6.07) is 5.49. The lowest BCUT2D eigenvalue weighted by atomic mass is 9.91. The highest BCUT2D eigenvalue weighted by molar-refractivity contribution is 5.86. The topological polar surface area (TPSA) is 71.0 Å². The van der Waals surface area contributed by atoms with Crippen LogP contribution in [0.3, 0.4) is 0 Å². The molecule has 2 rings (SSSR count). The highest BCUT2D eigenvalue weighted by Crippen LogP contribution is 2.33. The fourth-order valence-corrected chi connectivity index (χ4v) is 3.03. The zero-order valence-electron chi connectivity index (χ0n) is 14.2. The molecule has 0 radical (unpaired) electrons. The Morgan fingerprint density at radius 3 is 2.83 bits per heavy atom. The van der Waals surface area contributed by atoms with Crippen molar-refractivity contribution < 1.29 is 23.8 Å². The number of aliphatic hydroxyl groups is 1. The van der Waals surface area contributed by atoms with Crippen molar-refractivity contribution in [3.63, 3.8) is 0 Å². The van der Waals surface area contributed by atoms with Crippen LogP contribution in [0.2, 0.25) is 0 Å². The Labute approximate surface area is 141 Å². The molecule has 1 amide bonds. The number of hydrogen-bond donors (Lipinski definition) is 2. The monoisotopic (exact) mass is 340 g/mol. The number of benzene rings is 1. The number of nitrogens with zero attached hydrogens (tertiary/aromatic N) is 1. The molecule has 0 aromatic heterocycles. The summed E-state index contributed by atoms with van der Waals surface area (Å²) in [5.74, 6) is 0.835. The fourth-order valence-electron chi connectivity index (χ4n) is 3.03. The smallest absolute Gasteiger partial charge is 0.256 e. The molecule has 1 fully saturated rings. The van der Waals surface area contributed by atoms with Gasteiger partial charge in [0.25, 0.3) is 5.91 Å². The van der Waals surface area contributed by atoms with Crippen LogP contribution in [0.15, 0.2) is 18.2 Å². The Kier molecular flexibility index (Phi) is 6.39. The largest absolute Gasteiger partial charge is 0.493 e. The lowest BCUT2D eigenvalue weighted by Gasteiger charge is -2.38. The standard InChI is InChI=1S/C17H25FN2O4/c1-23-14-6-3-5-13(15(14)24-2)11-20-10-4-7-17(22,16(20)21)12-19-9-8-18/h3,5-6,19,22H,4,7-12H2,1-2H3. The molecule has 0 aliphatic carbocycles. The van der Waals surface area contributed by atoms with Gasteiger partial charge in [0.2, 0.25) is 0 Å². The van der Waals surface area contributed by atoms with E-state index in [0.717, 1.165) is 5.56 Å². The third-order valence-electron chi connectivity index (χ3n) is 4.24. The molecule has 6 nitrogen and oxygen atoms in total. The Morgan fingerprint density at radius 2 is 2.17 bits per heavy atom. The van der Waals surface area contributed by atoms with Crippen LogP contribution in [0.5, 0.6) is 11.5 Å². The summed E-state index contributed by atoms with van der Waals surface area (Å²) in [4.78, 5) is 14.3. The van der Waals surface area contributed by atoms with E-state index in [1.807, 2.05) is 12.1 Å². The number of amides is 1. The maximum atomic E-state index is 12.7. The van der Waals surface area contributed by atoms with E-state index in [2.05, 4.69) is 5.32 Å².